The Morgan fingerprint density at radius 2 is 2.26 bits per heavy atom. The second kappa shape index (κ2) is 6.68. The summed E-state index contributed by atoms with van der Waals surface area (Å²) in [5.41, 5.74) is 3.61. The average molecular weight is 275 g/mol. The lowest BCUT2D eigenvalue weighted by molar-refractivity contribution is 0.782. The van der Waals surface area contributed by atoms with E-state index in [0.717, 1.165) is 25.3 Å². The van der Waals surface area contributed by atoms with Gasteiger partial charge in [0.15, 0.2) is 0 Å². The van der Waals surface area contributed by atoms with Gasteiger partial charge in [-0.05, 0) is 38.4 Å². The lowest BCUT2D eigenvalue weighted by Gasteiger charge is -2.25. The van der Waals surface area contributed by atoms with Crippen molar-refractivity contribution in [2.45, 2.75) is 26.9 Å². The first kappa shape index (κ1) is 14.0. The molecule has 2 rings (SSSR count). The summed E-state index contributed by atoms with van der Waals surface area (Å²) in [5.74, 6) is 0. The Labute approximate surface area is 119 Å². The fourth-order valence-electron chi connectivity index (χ4n) is 2.15. The van der Waals surface area contributed by atoms with Crippen LogP contribution in [0.5, 0.6) is 0 Å². The highest BCUT2D eigenvalue weighted by molar-refractivity contribution is 7.09. The van der Waals surface area contributed by atoms with E-state index in [1.807, 2.05) is 31.5 Å². The largest absolute Gasteiger partial charge is 0.366 e. The molecule has 0 saturated heterocycles. The Bertz CT molecular complexity index is 508. The van der Waals surface area contributed by atoms with Crippen LogP contribution >= 0.6 is 11.3 Å². The number of aryl methyl sites for hydroxylation is 1. The second-order valence-electron chi connectivity index (χ2n) is 4.58. The van der Waals surface area contributed by atoms with E-state index in [1.54, 1.807) is 0 Å². The topological polar surface area (TPSA) is 28.2 Å². The highest BCUT2D eigenvalue weighted by Gasteiger charge is 2.11. The first-order valence-corrected chi connectivity index (χ1v) is 7.50. The van der Waals surface area contributed by atoms with Gasteiger partial charge in [0.25, 0.3) is 0 Å². The molecule has 0 unspecified atom stereocenters. The summed E-state index contributed by atoms with van der Waals surface area (Å²) in [6.45, 7) is 7.06. The number of hydrogen-bond acceptors (Lipinski definition) is 4. The Morgan fingerprint density at radius 1 is 1.42 bits per heavy atom. The second-order valence-corrected chi connectivity index (χ2v) is 5.61. The highest BCUT2D eigenvalue weighted by Crippen LogP contribution is 2.24. The summed E-state index contributed by atoms with van der Waals surface area (Å²) in [7, 11) is 1.97. The van der Waals surface area contributed by atoms with Gasteiger partial charge in [-0.25, -0.2) is 0 Å². The molecule has 0 bridgehead atoms. The van der Waals surface area contributed by atoms with Crippen LogP contribution < -0.4 is 10.2 Å². The Hall–Kier alpha value is -1.39. The first-order valence-electron chi connectivity index (χ1n) is 6.62. The van der Waals surface area contributed by atoms with Crippen molar-refractivity contribution < 1.29 is 0 Å². The van der Waals surface area contributed by atoms with Gasteiger partial charge in [-0.2, -0.15) is 0 Å². The maximum Gasteiger partial charge on any atom is 0.0522 e. The normalized spacial score (nSPS) is 10.7. The summed E-state index contributed by atoms with van der Waals surface area (Å²) >= 11 is 1.81. The predicted molar refractivity (Wildman–Crippen MR) is 82.8 cm³/mol. The van der Waals surface area contributed by atoms with E-state index < -0.39 is 0 Å². The van der Waals surface area contributed by atoms with Crippen molar-refractivity contribution in [2.75, 3.05) is 18.5 Å². The summed E-state index contributed by atoms with van der Waals surface area (Å²) in [4.78, 5) is 8.21. The van der Waals surface area contributed by atoms with Gasteiger partial charge in [-0.3, -0.25) is 4.98 Å². The van der Waals surface area contributed by atoms with Crippen LogP contribution in [-0.2, 0) is 13.1 Å². The van der Waals surface area contributed by atoms with Gasteiger partial charge < -0.3 is 10.2 Å². The molecule has 0 amide bonds. The first-order chi connectivity index (χ1) is 9.24. The molecule has 3 nitrogen and oxygen atoms in total. The van der Waals surface area contributed by atoms with Crippen LogP contribution in [-0.4, -0.2) is 18.6 Å². The molecule has 0 spiro atoms. The van der Waals surface area contributed by atoms with E-state index in [1.165, 1.54) is 16.1 Å². The summed E-state index contributed by atoms with van der Waals surface area (Å²) < 4.78 is 0. The molecule has 102 valence electrons. The quantitative estimate of drug-likeness (QED) is 0.877. The maximum atomic E-state index is 4.41. The molecule has 2 aromatic rings. The van der Waals surface area contributed by atoms with Crippen molar-refractivity contribution in [2.24, 2.45) is 0 Å². The molecule has 0 saturated carbocycles. The Morgan fingerprint density at radius 3 is 2.89 bits per heavy atom. The van der Waals surface area contributed by atoms with Crippen LogP contribution in [0.25, 0.3) is 0 Å². The fourth-order valence-corrected chi connectivity index (χ4v) is 2.87. The van der Waals surface area contributed by atoms with Gasteiger partial charge in [0, 0.05) is 41.1 Å². The Kier molecular flexibility index (Phi) is 4.93. The molecule has 0 aromatic carbocycles. The number of thiophene rings is 1. The molecular formula is C15H21N3S. The van der Waals surface area contributed by atoms with Crippen LogP contribution in [0.3, 0.4) is 0 Å². The zero-order valence-corrected chi connectivity index (χ0v) is 12.6. The van der Waals surface area contributed by atoms with E-state index in [2.05, 4.69) is 45.7 Å². The van der Waals surface area contributed by atoms with Gasteiger partial charge >= 0.3 is 0 Å². The van der Waals surface area contributed by atoms with Crippen molar-refractivity contribution in [1.82, 2.24) is 10.3 Å². The van der Waals surface area contributed by atoms with E-state index in [0.29, 0.717) is 0 Å². The molecule has 2 aromatic heterocycles. The lowest BCUT2D eigenvalue weighted by atomic mass is 10.1. The Balaban J connectivity index is 2.28. The molecule has 19 heavy (non-hydrogen) atoms. The zero-order valence-electron chi connectivity index (χ0n) is 11.8. The van der Waals surface area contributed by atoms with Gasteiger partial charge in [0.1, 0.15) is 0 Å². The minimum Gasteiger partial charge on any atom is -0.366 e. The number of pyridine rings is 1. The molecular weight excluding hydrogens is 254 g/mol. The number of hydrogen-bond donors (Lipinski definition) is 1. The van der Waals surface area contributed by atoms with Crippen LogP contribution in [0.4, 0.5) is 5.69 Å². The third kappa shape index (κ3) is 3.55. The average Bonchev–Trinajstić information content (AvgIpc) is 2.91. The van der Waals surface area contributed by atoms with Crippen LogP contribution in [0, 0.1) is 6.92 Å². The van der Waals surface area contributed by atoms with Crippen molar-refractivity contribution in [3.8, 4) is 0 Å². The van der Waals surface area contributed by atoms with E-state index >= 15 is 0 Å². The van der Waals surface area contributed by atoms with E-state index in [9.17, 15) is 0 Å². The van der Waals surface area contributed by atoms with Crippen molar-refractivity contribution in [1.29, 1.82) is 0 Å². The predicted octanol–water partition coefficient (Wildman–Crippen LogP) is 3.20. The number of nitrogens with one attached hydrogen (secondary N) is 1. The minimum atomic E-state index is 0.851. The molecule has 0 aliphatic rings. The summed E-state index contributed by atoms with van der Waals surface area (Å²) in [6.07, 6.45) is 1.98. The van der Waals surface area contributed by atoms with Crippen LogP contribution in [0.1, 0.15) is 23.1 Å². The van der Waals surface area contributed by atoms with Crippen molar-refractivity contribution in [3.05, 3.63) is 45.9 Å². The lowest BCUT2D eigenvalue weighted by Crippen LogP contribution is -2.24. The maximum absolute atomic E-state index is 4.41. The molecule has 0 aliphatic carbocycles. The number of nitrogens with zero attached hydrogens (tertiary/aromatic N) is 2. The number of anilines is 1. The van der Waals surface area contributed by atoms with Crippen molar-refractivity contribution in [3.63, 3.8) is 0 Å². The molecule has 0 radical (unpaired) electrons. The molecule has 2 heterocycles. The van der Waals surface area contributed by atoms with Crippen LogP contribution in [0.2, 0.25) is 0 Å². The third-order valence-corrected chi connectivity index (χ3v) is 3.98. The molecule has 0 atom stereocenters. The van der Waals surface area contributed by atoms with Gasteiger partial charge in [-0.1, -0.05) is 6.07 Å². The fraction of sp³-hybridized carbons (Fsp3) is 0.400. The van der Waals surface area contributed by atoms with Gasteiger partial charge in [-0.15, -0.1) is 11.3 Å². The minimum absolute atomic E-state index is 0.851. The third-order valence-electron chi connectivity index (χ3n) is 3.12. The van der Waals surface area contributed by atoms with Crippen LogP contribution in [0.15, 0.2) is 29.8 Å². The van der Waals surface area contributed by atoms with E-state index in [4.69, 9.17) is 0 Å². The molecule has 0 fully saturated rings. The standard InChI is InChI=1S/C15H21N3S/c1-4-18(11-14-6-5-7-19-14)15-8-12(2)17-10-13(15)9-16-3/h5-8,10,16H,4,9,11H2,1-3H3. The summed E-state index contributed by atoms with van der Waals surface area (Å²) in [6, 6.07) is 6.49. The van der Waals surface area contributed by atoms with Gasteiger partial charge in [0.2, 0.25) is 0 Å². The van der Waals surface area contributed by atoms with Crippen molar-refractivity contribution >= 4 is 17.0 Å². The number of rotatable bonds is 6. The summed E-state index contributed by atoms with van der Waals surface area (Å²) in [5, 5.41) is 5.35. The monoisotopic (exact) mass is 275 g/mol. The molecule has 1 N–H and O–H groups in total. The zero-order chi connectivity index (χ0) is 13.7. The SMILES string of the molecule is CCN(Cc1cccs1)c1cc(C)ncc1CNC. The molecule has 0 aliphatic heterocycles. The highest BCUT2D eigenvalue weighted by atomic mass is 32.1. The number of aromatic nitrogens is 1. The van der Waals surface area contributed by atoms with Gasteiger partial charge in [0.05, 0.1) is 6.54 Å². The van der Waals surface area contributed by atoms with E-state index in [-0.39, 0.29) is 0 Å². The smallest absolute Gasteiger partial charge is 0.0522 e. The molecule has 4 heteroatoms.